The standard InChI is InChI=1S/C16H26BrNO3Si/c1-16(2,3)22(5,6)21-14(15(19)20)11-18(4)13-9-7-12(17)8-10-13/h7-10,14H,11H2,1-6H3,(H,19,20). The molecular weight excluding hydrogens is 362 g/mol. The molecule has 1 N–H and O–H groups in total. The van der Waals surface area contributed by atoms with E-state index in [0.29, 0.717) is 6.54 Å². The van der Waals surface area contributed by atoms with Crippen molar-refractivity contribution in [3.63, 3.8) is 0 Å². The summed E-state index contributed by atoms with van der Waals surface area (Å²) in [6.07, 6.45) is -0.825. The average Bonchev–Trinajstić information content (AvgIpc) is 2.36. The Labute approximate surface area is 142 Å². The summed E-state index contributed by atoms with van der Waals surface area (Å²) < 4.78 is 7.07. The molecule has 0 aliphatic carbocycles. The van der Waals surface area contributed by atoms with Crippen LogP contribution in [0.25, 0.3) is 0 Å². The molecule has 0 saturated carbocycles. The summed E-state index contributed by atoms with van der Waals surface area (Å²) in [7, 11) is -0.239. The number of carboxylic acid groups (broad SMARTS) is 1. The van der Waals surface area contributed by atoms with Crippen molar-refractivity contribution in [2.75, 3.05) is 18.5 Å². The van der Waals surface area contributed by atoms with Gasteiger partial charge in [0.1, 0.15) is 0 Å². The van der Waals surface area contributed by atoms with Gasteiger partial charge in [0.15, 0.2) is 14.4 Å². The number of carboxylic acids is 1. The lowest BCUT2D eigenvalue weighted by molar-refractivity contribution is -0.145. The first-order valence-electron chi connectivity index (χ1n) is 7.31. The minimum Gasteiger partial charge on any atom is -0.479 e. The van der Waals surface area contributed by atoms with Gasteiger partial charge in [-0.05, 0) is 42.4 Å². The summed E-state index contributed by atoms with van der Waals surface area (Å²) in [6, 6.07) is 7.79. The number of halogens is 1. The Morgan fingerprint density at radius 3 is 2.23 bits per heavy atom. The number of likely N-dealkylation sites (N-methyl/N-ethyl adjacent to an activating group) is 1. The van der Waals surface area contributed by atoms with Crippen LogP contribution in [0, 0.1) is 0 Å². The van der Waals surface area contributed by atoms with Crippen molar-refractivity contribution in [3.05, 3.63) is 28.7 Å². The van der Waals surface area contributed by atoms with Crippen LogP contribution in [0.1, 0.15) is 20.8 Å². The Morgan fingerprint density at radius 1 is 1.32 bits per heavy atom. The van der Waals surface area contributed by atoms with Gasteiger partial charge >= 0.3 is 5.97 Å². The van der Waals surface area contributed by atoms with Crippen molar-refractivity contribution in [1.29, 1.82) is 0 Å². The van der Waals surface area contributed by atoms with Crippen LogP contribution >= 0.6 is 15.9 Å². The Hall–Kier alpha value is -0.853. The summed E-state index contributed by atoms with van der Waals surface area (Å²) >= 11 is 3.40. The number of rotatable bonds is 6. The highest BCUT2D eigenvalue weighted by molar-refractivity contribution is 9.10. The van der Waals surface area contributed by atoms with Crippen LogP contribution in [0.3, 0.4) is 0 Å². The van der Waals surface area contributed by atoms with Gasteiger partial charge in [0.05, 0.1) is 6.54 Å². The Morgan fingerprint density at radius 2 is 1.82 bits per heavy atom. The first-order chi connectivity index (χ1) is 9.94. The highest BCUT2D eigenvalue weighted by atomic mass is 79.9. The summed E-state index contributed by atoms with van der Waals surface area (Å²) in [4.78, 5) is 13.5. The Balaban J connectivity index is 2.85. The Bertz CT molecular complexity index is 511. The lowest BCUT2D eigenvalue weighted by Crippen LogP contribution is -2.49. The predicted molar refractivity (Wildman–Crippen MR) is 97.1 cm³/mol. The predicted octanol–water partition coefficient (Wildman–Crippen LogP) is 4.36. The van der Waals surface area contributed by atoms with Crippen LogP contribution in [-0.2, 0) is 9.22 Å². The first kappa shape index (κ1) is 19.2. The third kappa shape index (κ3) is 5.10. The van der Waals surface area contributed by atoms with Gasteiger partial charge < -0.3 is 14.4 Å². The van der Waals surface area contributed by atoms with E-state index in [0.717, 1.165) is 10.2 Å². The molecular formula is C16H26BrNO3Si. The number of hydrogen-bond donors (Lipinski definition) is 1. The fourth-order valence-corrected chi connectivity index (χ4v) is 3.25. The smallest absolute Gasteiger partial charge is 0.333 e. The van der Waals surface area contributed by atoms with Gasteiger partial charge in [0, 0.05) is 17.2 Å². The Kier molecular flexibility index (Phi) is 6.24. The molecule has 1 atom stereocenters. The SMILES string of the molecule is CN(CC(O[Si](C)(C)C(C)(C)C)C(=O)O)c1ccc(Br)cc1. The lowest BCUT2D eigenvalue weighted by atomic mass is 10.2. The molecule has 0 aliphatic heterocycles. The average molecular weight is 388 g/mol. The molecule has 124 valence electrons. The molecule has 0 fully saturated rings. The largest absolute Gasteiger partial charge is 0.479 e. The monoisotopic (exact) mass is 387 g/mol. The van der Waals surface area contributed by atoms with Crippen molar-refractivity contribution in [2.24, 2.45) is 0 Å². The number of hydrogen-bond acceptors (Lipinski definition) is 3. The van der Waals surface area contributed by atoms with E-state index >= 15 is 0 Å². The van der Waals surface area contributed by atoms with Crippen molar-refractivity contribution in [1.82, 2.24) is 0 Å². The number of anilines is 1. The minimum absolute atomic E-state index is 0.0170. The second kappa shape index (κ2) is 7.15. The maximum absolute atomic E-state index is 11.6. The molecule has 0 radical (unpaired) electrons. The number of benzene rings is 1. The van der Waals surface area contributed by atoms with Gasteiger partial charge in [-0.15, -0.1) is 0 Å². The van der Waals surface area contributed by atoms with Crippen molar-refractivity contribution in [2.45, 2.75) is 45.0 Å². The molecule has 22 heavy (non-hydrogen) atoms. The molecule has 4 nitrogen and oxygen atoms in total. The molecule has 0 heterocycles. The van der Waals surface area contributed by atoms with Gasteiger partial charge in [-0.3, -0.25) is 0 Å². The van der Waals surface area contributed by atoms with Crippen LogP contribution < -0.4 is 4.90 Å². The molecule has 0 bridgehead atoms. The van der Waals surface area contributed by atoms with Crippen LogP contribution in [0.5, 0.6) is 0 Å². The number of aliphatic carboxylic acids is 1. The van der Waals surface area contributed by atoms with Gasteiger partial charge in [-0.2, -0.15) is 0 Å². The molecule has 0 amide bonds. The van der Waals surface area contributed by atoms with E-state index in [4.69, 9.17) is 4.43 Å². The highest BCUT2D eigenvalue weighted by Gasteiger charge is 2.41. The van der Waals surface area contributed by atoms with Crippen molar-refractivity contribution < 1.29 is 14.3 Å². The first-order valence-corrected chi connectivity index (χ1v) is 11.0. The molecule has 1 unspecified atom stereocenters. The molecule has 1 rings (SSSR count). The zero-order valence-corrected chi connectivity index (χ0v) is 16.8. The van der Waals surface area contributed by atoms with E-state index in [9.17, 15) is 9.90 Å². The molecule has 0 spiro atoms. The summed E-state index contributed by atoms with van der Waals surface area (Å²) in [5, 5.41) is 9.49. The maximum Gasteiger partial charge on any atom is 0.333 e. The zero-order chi connectivity index (χ0) is 17.1. The fraction of sp³-hybridized carbons (Fsp3) is 0.562. The van der Waals surface area contributed by atoms with Gasteiger partial charge in [-0.25, -0.2) is 4.79 Å². The van der Waals surface area contributed by atoms with E-state index in [1.54, 1.807) is 0 Å². The third-order valence-corrected chi connectivity index (χ3v) is 9.24. The van der Waals surface area contributed by atoms with E-state index < -0.39 is 20.4 Å². The molecule has 0 aromatic heterocycles. The number of nitrogens with zero attached hydrogens (tertiary/aromatic N) is 1. The summed E-state index contributed by atoms with van der Waals surface area (Å²) in [6.45, 7) is 10.8. The normalized spacial score (nSPS) is 13.8. The van der Waals surface area contributed by atoms with E-state index in [-0.39, 0.29) is 5.04 Å². The van der Waals surface area contributed by atoms with E-state index in [1.165, 1.54) is 0 Å². The van der Waals surface area contributed by atoms with Gasteiger partial charge in [0.2, 0.25) is 0 Å². The molecule has 0 aliphatic rings. The van der Waals surface area contributed by atoms with Crippen LogP contribution in [0.4, 0.5) is 5.69 Å². The van der Waals surface area contributed by atoms with Gasteiger partial charge in [-0.1, -0.05) is 36.7 Å². The topological polar surface area (TPSA) is 49.8 Å². The van der Waals surface area contributed by atoms with Crippen molar-refractivity contribution in [3.8, 4) is 0 Å². The summed E-state index contributed by atoms with van der Waals surface area (Å²) in [5.74, 6) is -0.909. The minimum atomic E-state index is -2.12. The highest BCUT2D eigenvalue weighted by Crippen LogP contribution is 2.37. The van der Waals surface area contributed by atoms with Crippen LogP contribution in [0.2, 0.25) is 18.1 Å². The lowest BCUT2D eigenvalue weighted by Gasteiger charge is -2.39. The summed E-state index contributed by atoms with van der Waals surface area (Å²) in [5.41, 5.74) is 0.966. The van der Waals surface area contributed by atoms with E-state index in [2.05, 4.69) is 49.8 Å². The quantitative estimate of drug-likeness (QED) is 0.736. The molecule has 6 heteroatoms. The fourth-order valence-electron chi connectivity index (χ4n) is 1.75. The molecule has 1 aromatic rings. The molecule has 0 saturated heterocycles. The zero-order valence-electron chi connectivity index (χ0n) is 14.2. The second-order valence-electron chi connectivity index (χ2n) is 7.06. The van der Waals surface area contributed by atoms with Crippen LogP contribution in [-0.4, -0.2) is 39.1 Å². The van der Waals surface area contributed by atoms with E-state index in [1.807, 2.05) is 36.2 Å². The van der Waals surface area contributed by atoms with Crippen molar-refractivity contribution >= 4 is 35.9 Å². The second-order valence-corrected chi connectivity index (χ2v) is 12.7. The molecule has 1 aromatic carbocycles. The number of carbonyl (C=O) groups is 1. The maximum atomic E-state index is 11.6. The third-order valence-electron chi connectivity index (χ3n) is 4.23. The van der Waals surface area contributed by atoms with Gasteiger partial charge in [0.25, 0.3) is 0 Å². The van der Waals surface area contributed by atoms with Crippen LogP contribution in [0.15, 0.2) is 28.7 Å².